The molecule has 0 aromatic heterocycles. The highest BCUT2D eigenvalue weighted by Crippen LogP contribution is 2.17. The fourth-order valence-corrected chi connectivity index (χ4v) is 2.76. The lowest BCUT2D eigenvalue weighted by Crippen LogP contribution is -2.39. The van der Waals surface area contributed by atoms with Crippen LogP contribution in [0.5, 0.6) is 5.75 Å². The minimum atomic E-state index is 0. The van der Waals surface area contributed by atoms with E-state index in [1.54, 1.807) is 0 Å². The molecular formula is C17H28IN3O. The summed E-state index contributed by atoms with van der Waals surface area (Å²) >= 11 is 0. The Bertz CT molecular complexity index is 457. The van der Waals surface area contributed by atoms with Crippen LogP contribution < -0.4 is 15.8 Å². The number of rotatable bonds is 5. The van der Waals surface area contributed by atoms with Gasteiger partial charge in [-0.1, -0.05) is 37.8 Å². The van der Waals surface area contributed by atoms with Crippen molar-refractivity contribution in [3.05, 3.63) is 29.8 Å². The second-order valence-corrected chi connectivity index (χ2v) is 5.61. The minimum absolute atomic E-state index is 0. The van der Waals surface area contributed by atoms with Crippen LogP contribution in [-0.4, -0.2) is 18.6 Å². The third kappa shape index (κ3) is 6.85. The van der Waals surface area contributed by atoms with Gasteiger partial charge in [0.05, 0.1) is 13.2 Å². The van der Waals surface area contributed by atoms with Crippen molar-refractivity contribution < 1.29 is 4.74 Å². The fraction of sp³-hybridized carbons (Fsp3) is 0.588. The molecule has 0 spiro atoms. The van der Waals surface area contributed by atoms with Crippen molar-refractivity contribution in [3.8, 4) is 5.75 Å². The molecule has 0 bridgehead atoms. The molecule has 22 heavy (non-hydrogen) atoms. The van der Waals surface area contributed by atoms with Crippen LogP contribution in [0, 0.1) is 0 Å². The lowest BCUT2D eigenvalue weighted by atomic mass is 10.1. The summed E-state index contributed by atoms with van der Waals surface area (Å²) in [6.07, 6.45) is 7.69. The number of nitrogens with zero attached hydrogens (tertiary/aromatic N) is 1. The predicted octanol–water partition coefficient (Wildman–Crippen LogP) is 3.83. The van der Waals surface area contributed by atoms with Crippen LogP contribution in [0.1, 0.15) is 51.0 Å². The first-order valence-electron chi connectivity index (χ1n) is 8.06. The van der Waals surface area contributed by atoms with Gasteiger partial charge in [0.25, 0.3) is 0 Å². The van der Waals surface area contributed by atoms with E-state index in [-0.39, 0.29) is 24.0 Å². The zero-order valence-corrected chi connectivity index (χ0v) is 15.7. The van der Waals surface area contributed by atoms with Gasteiger partial charge >= 0.3 is 0 Å². The maximum Gasteiger partial charge on any atom is 0.189 e. The molecule has 1 aliphatic rings. The van der Waals surface area contributed by atoms with Gasteiger partial charge in [-0.3, -0.25) is 0 Å². The Morgan fingerprint density at radius 1 is 1.27 bits per heavy atom. The molecule has 0 saturated heterocycles. The van der Waals surface area contributed by atoms with Crippen LogP contribution in [0.25, 0.3) is 0 Å². The Kier molecular flexibility index (Phi) is 9.27. The highest BCUT2D eigenvalue weighted by Gasteiger charge is 2.12. The summed E-state index contributed by atoms with van der Waals surface area (Å²) in [6.45, 7) is 3.25. The molecule has 0 aliphatic heterocycles. The minimum Gasteiger partial charge on any atom is -0.494 e. The Morgan fingerprint density at radius 3 is 2.68 bits per heavy atom. The van der Waals surface area contributed by atoms with E-state index >= 15 is 0 Å². The van der Waals surface area contributed by atoms with E-state index in [0.717, 1.165) is 11.3 Å². The third-order valence-corrected chi connectivity index (χ3v) is 3.85. The number of nitrogens with one attached hydrogen (secondary N) is 1. The van der Waals surface area contributed by atoms with Gasteiger partial charge in [0.15, 0.2) is 5.96 Å². The summed E-state index contributed by atoms with van der Waals surface area (Å²) in [5.74, 6) is 1.45. The molecule has 0 heterocycles. The maximum absolute atomic E-state index is 6.01. The first-order chi connectivity index (χ1) is 10.3. The number of nitrogens with two attached hydrogens (primary N) is 1. The van der Waals surface area contributed by atoms with Crippen molar-refractivity contribution in [2.45, 2.75) is 58.0 Å². The zero-order chi connectivity index (χ0) is 14.9. The number of ether oxygens (including phenoxy) is 1. The molecule has 0 amide bonds. The number of halogens is 1. The number of hydrogen-bond acceptors (Lipinski definition) is 2. The van der Waals surface area contributed by atoms with Crippen molar-refractivity contribution in [1.29, 1.82) is 0 Å². The highest BCUT2D eigenvalue weighted by atomic mass is 127. The van der Waals surface area contributed by atoms with Gasteiger partial charge in [-0.15, -0.1) is 24.0 Å². The maximum atomic E-state index is 6.01. The van der Waals surface area contributed by atoms with Gasteiger partial charge in [-0.25, -0.2) is 4.99 Å². The summed E-state index contributed by atoms with van der Waals surface area (Å²) in [5.41, 5.74) is 7.12. The number of benzene rings is 1. The molecule has 1 aromatic carbocycles. The highest BCUT2D eigenvalue weighted by molar-refractivity contribution is 14.0. The van der Waals surface area contributed by atoms with E-state index in [4.69, 9.17) is 10.5 Å². The van der Waals surface area contributed by atoms with Crippen LogP contribution in [0.3, 0.4) is 0 Å². The van der Waals surface area contributed by atoms with Crippen molar-refractivity contribution in [2.24, 2.45) is 10.7 Å². The van der Waals surface area contributed by atoms with E-state index in [1.807, 2.05) is 31.2 Å². The van der Waals surface area contributed by atoms with Crippen molar-refractivity contribution >= 4 is 29.9 Å². The smallest absolute Gasteiger partial charge is 0.189 e. The summed E-state index contributed by atoms with van der Waals surface area (Å²) in [7, 11) is 0. The van der Waals surface area contributed by atoms with Gasteiger partial charge in [0.2, 0.25) is 0 Å². The average molecular weight is 417 g/mol. The average Bonchev–Trinajstić information content (AvgIpc) is 2.75. The largest absolute Gasteiger partial charge is 0.494 e. The van der Waals surface area contributed by atoms with Gasteiger partial charge in [0.1, 0.15) is 5.75 Å². The van der Waals surface area contributed by atoms with E-state index in [0.29, 0.717) is 25.2 Å². The molecule has 1 aliphatic carbocycles. The van der Waals surface area contributed by atoms with E-state index in [2.05, 4.69) is 10.3 Å². The van der Waals surface area contributed by atoms with Gasteiger partial charge in [-0.2, -0.15) is 0 Å². The number of aliphatic imine (C=N–C) groups is 1. The van der Waals surface area contributed by atoms with Crippen molar-refractivity contribution in [2.75, 3.05) is 6.61 Å². The molecular weight excluding hydrogens is 389 g/mol. The number of hydrogen-bond donors (Lipinski definition) is 2. The monoisotopic (exact) mass is 417 g/mol. The summed E-state index contributed by atoms with van der Waals surface area (Å²) < 4.78 is 5.49. The van der Waals surface area contributed by atoms with Gasteiger partial charge in [0, 0.05) is 6.04 Å². The van der Waals surface area contributed by atoms with Crippen LogP contribution >= 0.6 is 24.0 Å². The second-order valence-electron chi connectivity index (χ2n) is 5.61. The summed E-state index contributed by atoms with van der Waals surface area (Å²) in [4.78, 5) is 4.45. The Morgan fingerprint density at radius 2 is 2.00 bits per heavy atom. The third-order valence-electron chi connectivity index (χ3n) is 3.85. The van der Waals surface area contributed by atoms with Gasteiger partial charge < -0.3 is 15.8 Å². The van der Waals surface area contributed by atoms with Gasteiger partial charge in [-0.05, 0) is 37.5 Å². The van der Waals surface area contributed by atoms with Crippen LogP contribution in [0.2, 0.25) is 0 Å². The van der Waals surface area contributed by atoms with Crippen molar-refractivity contribution in [3.63, 3.8) is 0 Å². The Balaban J connectivity index is 0.00000242. The summed E-state index contributed by atoms with van der Waals surface area (Å²) in [6, 6.07) is 8.51. The molecule has 5 heteroatoms. The topological polar surface area (TPSA) is 59.6 Å². The second kappa shape index (κ2) is 10.7. The quantitative estimate of drug-likeness (QED) is 0.331. The molecule has 124 valence electrons. The summed E-state index contributed by atoms with van der Waals surface area (Å²) in [5, 5.41) is 3.37. The molecule has 1 saturated carbocycles. The lowest BCUT2D eigenvalue weighted by molar-refractivity contribution is 0.340. The standard InChI is InChI=1S/C17H27N3O.HI/c1-2-21-16-11-7-8-14(12-16)13-19-17(18)20-15-9-5-3-4-6-10-15;/h7-8,11-12,15H,2-6,9-10,13H2,1H3,(H3,18,19,20);1H. The molecule has 3 N–H and O–H groups in total. The Hall–Kier alpha value is -0.980. The molecule has 1 aromatic rings. The van der Waals surface area contributed by atoms with Crippen molar-refractivity contribution in [1.82, 2.24) is 5.32 Å². The Labute approximate surface area is 150 Å². The molecule has 4 nitrogen and oxygen atoms in total. The molecule has 2 rings (SSSR count). The van der Waals surface area contributed by atoms with Crippen LogP contribution in [-0.2, 0) is 6.54 Å². The molecule has 1 fully saturated rings. The molecule has 0 atom stereocenters. The molecule has 0 radical (unpaired) electrons. The predicted molar refractivity (Wildman–Crippen MR) is 103 cm³/mol. The first-order valence-corrected chi connectivity index (χ1v) is 8.06. The first kappa shape index (κ1) is 19.1. The lowest BCUT2D eigenvalue weighted by Gasteiger charge is -2.16. The van der Waals surface area contributed by atoms with E-state index in [1.165, 1.54) is 38.5 Å². The van der Waals surface area contributed by atoms with Crippen LogP contribution in [0.15, 0.2) is 29.3 Å². The molecule has 0 unspecified atom stereocenters. The fourth-order valence-electron chi connectivity index (χ4n) is 2.76. The van der Waals surface area contributed by atoms with Crippen LogP contribution in [0.4, 0.5) is 0 Å². The normalized spacial score (nSPS) is 16.5. The zero-order valence-electron chi connectivity index (χ0n) is 13.4. The van der Waals surface area contributed by atoms with E-state index < -0.39 is 0 Å². The number of guanidine groups is 1. The van der Waals surface area contributed by atoms with E-state index in [9.17, 15) is 0 Å². The SMILES string of the molecule is CCOc1cccc(CN=C(N)NC2CCCCCC2)c1.I.